The fourth-order valence-corrected chi connectivity index (χ4v) is 7.05. The quantitative estimate of drug-likeness (QED) is 0.325. The summed E-state index contributed by atoms with van der Waals surface area (Å²) < 4.78 is 60.0. The van der Waals surface area contributed by atoms with Crippen LogP contribution < -0.4 is 8.49 Å². The van der Waals surface area contributed by atoms with Crippen molar-refractivity contribution in [2.75, 3.05) is 23.9 Å². The van der Waals surface area contributed by atoms with Gasteiger partial charge in [0, 0.05) is 31.3 Å². The first-order chi connectivity index (χ1) is 18.2. The molecule has 0 bridgehead atoms. The minimum absolute atomic E-state index is 0.0369. The van der Waals surface area contributed by atoms with Gasteiger partial charge in [-0.05, 0) is 55.2 Å². The van der Waals surface area contributed by atoms with E-state index in [4.69, 9.17) is 4.18 Å². The van der Waals surface area contributed by atoms with Crippen molar-refractivity contribution in [3.8, 4) is 5.75 Å². The Kier molecular flexibility index (Phi) is 8.42. The molecule has 0 saturated heterocycles. The minimum atomic E-state index is -4.23. The molecule has 1 aliphatic heterocycles. The van der Waals surface area contributed by atoms with E-state index < -0.39 is 20.1 Å². The Balaban J connectivity index is 1.77. The highest BCUT2D eigenvalue weighted by atomic mass is 32.2. The second-order valence-corrected chi connectivity index (χ2v) is 12.5. The van der Waals surface area contributed by atoms with Crippen LogP contribution in [0.5, 0.6) is 5.75 Å². The summed E-state index contributed by atoms with van der Waals surface area (Å²) in [5, 5.41) is 0. The second-order valence-electron chi connectivity index (χ2n) is 9.14. The Morgan fingerprint density at radius 1 is 0.868 bits per heavy atom. The number of hydrogen-bond acceptors (Lipinski definition) is 6. The van der Waals surface area contributed by atoms with Crippen molar-refractivity contribution in [2.24, 2.45) is 0 Å². The van der Waals surface area contributed by atoms with E-state index in [1.54, 1.807) is 47.4 Å². The van der Waals surface area contributed by atoms with Crippen molar-refractivity contribution in [1.29, 1.82) is 0 Å². The average molecular weight is 557 g/mol. The molecule has 0 saturated carbocycles. The second kappa shape index (κ2) is 11.6. The first-order valence-corrected chi connectivity index (χ1v) is 15.5. The van der Waals surface area contributed by atoms with Gasteiger partial charge in [0.2, 0.25) is 5.91 Å². The Morgan fingerprint density at radius 2 is 1.45 bits per heavy atom. The molecule has 0 aromatic heterocycles. The highest BCUT2D eigenvalue weighted by molar-refractivity contribution is 7.92. The molecule has 202 valence electrons. The van der Waals surface area contributed by atoms with Gasteiger partial charge in [0.1, 0.15) is 10.6 Å². The van der Waals surface area contributed by atoms with Gasteiger partial charge in [0.05, 0.1) is 17.0 Å². The zero-order valence-electron chi connectivity index (χ0n) is 21.5. The third-order valence-corrected chi connectivity index (χ3v) is 9.43. The van der Waals surface area contributed by atoms with Crippen LogP contribution >= 0.6 is 0 Å². The maximum absolute atomic E-state index is 13.4. The summed E-state index contributed by atoms with van der Waals surface area (Å²) in [6.07, 6.45) is 1.97. The van der Waals surface area contributed by atoms with Crippen molar-refractivity contribution in [3.63, 3.8) is 0 Å². The van der Waals surface area contributed by atoms with E-state index >= 15 is 0 Å². The fourth-order valence-electron chi connectivity index (χ4n) is 4.55. The number of carbonyl (C=O) groups excluding carboxylic acids is 1. The molecule has 38 heavy (non-hydrogen) atoms. The molecule has 0 radical (unpaired) electrons. The number of nitrogens with zero attached hydrogens (tertiary/aromatic N) is 2. The first kappa shape index (κ1) is 27.7. The van der Waals surface area contributed by atoms with Gasteiger partial charge in [-0.3, -0.25) is 9.10 Å². The van der Waals surface area contributed by atoms with Crippen LogP contribution in [0.1, 0.15) is 37.8 Å². The third-order valence-electron chi connectivity index (χ3n) is 6.36. The predicted molar refractivity (Wildman–Crippen MR) is 146 cm³/mol. The number of hydrogen-bond donors (Lipinski definition) is 0. The van der Waals surface area contributed by atoms with Crippen molar-refractivity contribution >= 4 is 31.7 Å². The molecule has 4 rings (SSSR count). The van der Waals surface area contributed by atoms with E-state index in [1.807, 2.05) is 13.8 Å². The Hall–Kier alpha value is -3.37. The smallest absolute Gasteiger partial charge is 0.339 e. The fraction of sp³-hybridized carbons (Fsp3) is 0.321. The number of benzene rings is 3. The molecule has 0 N–H and O–H groups in total. The van der Waals surface area contributed by atoms with Crippen molar-refractivity contribution in [1.82, 2.24) is 4.90 Å². The molecule has 3 aromatic rings. The van der Waals surface area contributed by atoms with Crippen LogP contribution in [0.25, 0.3) is 0 Å². The lowest BCUT2D eigenvalue weighted by atomic mass is 10.0. The molecular formula is C28H32N2O6S2. The van der Waals surface area contributed by atoms with Crippen LogP contribution in [0, 0.1) is 0 Å². The average Bonchev–Trinajstić information content (AvgIpc) is 3.33. The van der Waals surface area contributed by atoms with Gasteiger partial charge in [-0.1, -0.05) is 50.2 Å². The molecule has 0 spiro atoms. The van der Waals surface area contributed by atoms with Gasteiger partial charge in [-0.2, -0.15) is 8.42 Å². The van der Waals surface area contributed by atoms with E-state index in [0.29, 0.717) is 36.3 Å². The van der Waals surface area contributed by atoms with E-state index in [0.717, 1.165) is 12.8 Å². The normalized spacial score (nSPS) is 13.3. The minimum Gasteiger partial charge on any atom is -0.379 e. The highest BCUT2D eigenvalue weighted by Crippen LogP contribution is 2.39. The SMILES string of the molecule is CCCN(CCC)C(=O)Cc1cc2c(cc1OS(=O)(=O)c1ccccc1)N(S(=O)(=O)c1ccccc1)CC2. The van der Waals surface area contributed by atoms with Gasteiger partial charge < -0.3 is 9.08 Å². The molecule has 0 aliphatic carbocycles. The maximum atomic E-state index is 13.4. The molecule has 0 unspecified atom stereocenters. The van der Waals surface area contributed by atoms with E-state index in [-0.39, 0.29) is 34.4 Å². The van der Waals surface area contributed by atoms with Crippen LogP contribution in [0.2, 0.25) is 0 Å². The molecular weight excluding hydrogens is 524 g/mol. The summed E-state index contributed by atoms with van der Waals surface area (Å²) in [5.41, 5.74) is 1.47. The van der Waals surface area contributed by atoms with Crippen LogP contribution in [-0.4, -0.2) is 47.3 Å². The number of sulfonamides is 1. The summed E-state index contributed by atoms with van der Waals surface area (Å²) in [6, 6.07) is 18.9. The first-order valence-electron chi connectivity index (χ1n) is 12.7. The molecule has 1 heterocycles. The molecule has 1 amide bonds. The van der Waals surface area contributed by atoms with Crippen LogP contribution in [0.15, 0.2) is 82.6 Å². The summed E-state index contributed by atoms with van der Waals surface area (Å²) in [7, 11) is -8.10. The highest BCUT2D eigenvalue weighted by Gasteiger charge is 2.33. The number of amides is 1. The van der Waals surface area contributed by atoms with Crippen LogP contribution in [-0.2, 0) is 37.8 Å². The summed E-state index contributed by atoms with van der Waals surface area (Å²) >= 11 is 0. The lowest BCUT2D eigenvalue weighted by Crippen LogP contribution is -2.33. The summed E-state index contributed by atoms with van der Waals surface area (Å²) in [6.45, 7) is 5.38. The number of anilines is 1. The van der Waals surface area contributed by atoms with Gasteiger partial charge in [-0.15, -0.1) is 0 Å². The van der Waals surface area contributed by atoms with Gasteiger partial charge in [-0.25, -0.2) is 8.42 Å². The van der Waals surface area contributed by atoms with Crippen LogP contribution in [0.3, 0.4) is 0 Å². The molecule has 0 fully saturated rings. The summed E-state index contributed by atoms with van der Waals surface area (Å²) in [5.74, 6) is -0.188. The maximum Gasteiger partial charge on any atom is 0.339 e. The Labute approximate surface area is 225 Å². The zero-order valence-corrected chi connectivity index (χ0v) is 23.2. The van der Waals surface area contributed by atoms with Crippen molar-refractivity contribution in [3.05, 3.63) is 83.9 Å². The largest absolute Gasteiger partial charge is 0.379 e. The number of carbonyl (C=O) groups is 1. The van der Waals surface area contributed by atoms with Gasteiger partial charge in [0.15, 0.2) is 0 Å². The number of fused-ring (bicyclic) bond motifs is 1. The number of rotatable bonds is 11. The molecule has 1 aliphatic rings. The van der Waals surface area contributed by atoms with Crippen molar-refractivity contribution in [2.45, 2.75) is 49.3 Å². The molecule has 0 atom stereocenters. The summed E-state index contributed by atoms with van der Waals surface area (Å²) in [4.78, 5) is 15.1. The lowest BCUT2D eigenvalue weighted by Gasteiger charge is -2.23. The van der Waals surface area contributed by atoms with Crippen LogP contribution in [0.4, 0.5) is 5.69 Å². The van der Waals surface area contributed by atoms with Gasteiger partial charge >= 0.3 is 10.1 Å². The molecule has 3 aromatic carbocycles. The monoisotopic (exact) mass is 556 g/mol. The lowest BCUT2D eigenvalue weighted by molar-refractivity contribution is -0.130. The van der Waals surface area contributed by atoms with E-state index in [1.165, 1.54) is 34.6 Å². The predicted octanol–water partition coefficient (Wildman–Crippen LogP) is 4.40. The zero-order chi connectivity index (χ0) is 27.3. The standard InChI is InChI=1S/C28H32N2O6S2/c1-3-16-29(17-4-2)28(31)20-23-19-22-15-18-30(37(32,33)24-11-7-5-8-12-24)26(22)21-27(23)36-38(34,35)25-13-9-6-10-14-25/h5-14,19,21H,3-4,15-18,20H2,1-2H3. The van der Waals surface area contributed by atoms with Crippen molar-refractivity contribution < 1.29 is 25.8 Å². The topological polar surface area (TPSA) is 101 Å². The van der Waals surface area contributed by atoms with E-state index in [2.05, 4.69) is 0 Å². The van der Waals surface area contributed by atoms with E-state index in [9.17, 15) is 21.6 Å². The Bertz CT molecular complexity index is 1490. The Morgan fingerprint density at radius 3 is 2.03 bits per heavy atom. The van der Waals surface area contributed by atoms with Gasteiger partial charge in [0.25, 0.3) is 10.0 Å². The molecule has 8 nitrogen and oxygen atoms in total. The molecule has 10 heteroatoms. The third kappa shape index (κ3) is 5.86.